The van der Waals surface area contributed by atoms with Crippen molar-refractivity contribution in [2.24, 2.45) is 15.9 Å². The van der Waals surface area contributed by atoms with Crippen LogP contribution in [0, 0.1) is 5.92 Å². The zero-order chi connectivity index (χ0) is 15.1. The monoisotopic (exact) mass is 273 g/mol. The molecule has 0 aromatic heterocycles. The number of nitrogens with one attached hydrogen (secondary N) is 1. The summed E-state index contributed by atoms with van der Waals surface area (Å²) < 4.78 is 0. The van der Waals surface area contributed by atoms with Crippen LogP contribution in [0.2, 0.25) is 0 Å². The van der Waals surface area contributed by atoms with Gasteiger partial charge in [0.1, 0.15) is 0 Å². The Kier molecular flexibility index (Phi) is 6.43. The summed E-state index contributed by atoms with van der Waals surface area (Å²) in [5, 5.41) is 3.31. The van der Waals surface area contributed by atoms with Gasteiger partial charge < -0.3 is 5.32 Å². The van der Waals surface area contributed by atoms with Gasteiger partial charge in [-0.1, -0.05) is 19.9 Å². The number of hydrogen-bond acceptors (Lipinski definition) is 2. The van der Waals surface area contributed by atoms with Crippen molar-refractivity contribution in [3.05, 3.63) is 24.3 Å². The van der Waals surface area contributed by atoms with Gasteiger partial charge in [0.05, 0.1) is 11.5 Å². The normalized spacial score (nSPS) is 13.2. The van der Waals surface area contributed by atoms with E-state index in [1.165, 1.54) is 5.71 Å². The third-order valence-electron chi connectivity index (χ3n) is 2.65. The first-order valence-corrected chi connectivity index (χ1v) is 7.32. The minimum absolute atomic E-state index is 0.303. The third-order valence-corrected chi connectivity index (χ3v) is 2.65. The Morgan fingerprint density at radius 2 is 1.85 bits per heavy atom. The molecule has 0 saturated heterocycles. The first kappa shape index (κ1) is 16.4. The molecule has 0 unspecified atom stereocenters. The second-order valence-corrected chi connectivity index (χ2v) is 5.93. The topological polar surface area (TPSA) is 36.8 Å². The highest BCUT2D eigenvalue weighted by Crippen LogP contribution is 2.19. The van der Waals surface area contributed by atoms with Crippen LogP contribution in [0.4, 0.5) is 11.4 Å². The van der Waals surface area contributed by atoms with Crippen molar-refractivity contribution in [1.29, 1.82) is 0 Å². The summed E-state index contributed by atoms with van der Waals surface area (Å²) in [6.45, 7) is 12.6. The van der Waals surface area contributed by atoms with Gasteiger partial charge >= 0.3 is 0 Å². The molecular weight excluding hydrogens is 246 g/mol. The molecule has 0 saturated carbocycles. The van der Waals surface area contributed by atoms with E-state index in [0.717, 1.165) is 23.6 Å². The molecule has 1 rings (SSSR count). The molecular formula is C17H27N3. The maximum Gasteiger partial charge on any atom is 0.0978 e. The van der Waals surface area contributed by atoms with Crippen LogP contribution in [0.3, 0.4) is 0 Å². The lowest BCUT2D eigenvalue weighted by atomic mass is 10.1. The molecule has 0 aliphatic rings. The fraction of sp³-hybridized carbons (Fsp3) is 0.529. The van der Waals surface area contributed by atoms with Crippen LogP contribution in [-0.2, 0) is 0 Å². The molecule has 1 N–H and O–H groups in total. The Morgan fingerprint density at radius 3 is 2.45 bits per heavy atom. The number of aliphatic imine (C=N–C) groups is 2. The van der Waals surface area contributed by atoms with Gasteiger partial charge in [0.15, 0.2) is 0 Å². The molecule has 0 bridgehead atoms. The van der Waals surface area contributed by atoms with E-state index < -0.39 is 0 Å². The van der Waals surface area contributed by atoms with Crippen LogP contribution in [0.5, 0.6) is 0 Å². The summed E-state index contributed by atoms with van der Waals surface area (Å²) >= 11 is 0. The third kappa shape index (κ3) is 6.50. The fourth-order valence-corrected chi connectivity index (χ4v) is 2.14. The highest BCUT2D eigenvalue weighted by molar-refractivity contribution is 5.94. The van der Waals surface area contributed by atoms with Crippen LogP contribution in [0.15, 0.2) is 34.3 Å². The summed E-state index contributed by atoms with van der Waals surface area (Å²) in [5.41, 5.74) is 3.20. The second kappa shape index (κ2) is 7.83. The largest absolute Gasteiger partial charge is 0.344 e. The number of amidine groups is 1. The second-order valence-electron chi connectivity index (χ2n) is 5.93. The molecule has 3 heteroatoms. The predicted octanol–water partition coefficient (Wildman–Crippen LogP) is 5.06. The zero-order valence-corrected chi connectivity index (χ0v) is 13.6. The summed E-state index contributed by atoms with van der Waals surface area (Å²) in [4.78, 5) is 9.14. The summed E-state index contributed by atoms with van der Waals surface area (Å²) in [6.07, 6.45) is 1.03. The van der Waals surface area contributed by atoms with Crippen LogP contribution in [0.1, 0.15) is 48.0 Å². The SMILES string of the molecule is CC(CC(C)C)=Nc1cccc(NC(C)=NC(C)C)c1. The van der Waals surface area contributed by atoms with Crippen LogP contribution >= 0.6 is 0 Å². The molecule has 1 aromatic carbocycles. The van der Waals surface area contributed by atoms with Gasteiger partial charge in [0.2, 0.25) is 0 Å². The van der Waals surface area contributed by atoms with Gasteiger partial charge in [0.25, 0.3) is 0 Å². The standard InChI is InChI=1S/C17H27N3/c1-12(2)10-14(5)19-16-8-7-9-17(11-16)20-15(6)18-13(3)4/h7-9,11-13H,10H2,1-6H3,(H,18,20). The lowest BCUT2D eigenvalue weighted by molar-refractivity contribution is 0.682. The van der Waals surface area contributed by atoms with Gasteiger partial charge in [-0.2, -0.15) is 0 Å². The average Bonchev–Trinajstić information content (AvgIpc) is 2.26. The van der Waals surface area contributed by atoms with Crippen molar-refractivity contribution < 1.29 is 0 Å². The minimum Gasteiger partial charge on any atom is -0.344 e. The summed E-state index contributed by atoms with van der Waals surface area (Å²) in [5.74, 6) is 1.57. The maximum absolute atomic E-state index is 4.66. The molecule has 0 aliphatic heterocycles. The Bertz CT molecular complexity index is 485. The zero-order valence-electron chi connectivity index (χ0n) is 13.6. The molecule has 0 fully saturated rings. The number of benzene rings is 1. The number of nitrogens with zero attached hydrogens (tertiary/aromatic N) is 2. The van der Waals surface area contributed by atoms with Gasteiger partial charge in [0, 0.05) is 17.4 Å². The minimum atomic E-state index is 0.303. The number of rotatable bonds is 5. The number of anilines is 1. The first-order valence-electron chi connectivity index (χ1n) is 7.32. The molecule has 0 aliphatic carbocycles. The van der Waals surface area contributed by atoms with E-state index in [2.05, 4.69) is 56.0 Å². The van der Waals surface area contributed by atoms with E-state index in [1.54, 1.807) is 0 Å². The highest BCUT2D eigenvalue weighted by atomic mass is 15.0. The van der Waals surface area contributed by atoms with E-state index in [1.807, 2.05) is 25.1 Å². The van der Waals surface area contributed by atoms with Gasteiger partial charge in [-0.25, -0.2) is 0 Å². The Labute approximate surface area is 123 Å². The van der Waals surface area contributed by atoms with E-state index in [-0.39, 0.29) is 0 Å². The summed E-state index contributed by atoms with van der Waals surface area (Å²) in [6, 6.07) is 8.45. The van der Waals surface area contributed by atoms with Crippen LogP contribution in [0.25, 0.3) is 0 Å². The molecule has 3 nitrogen and oxygen atoms in total. The van der Waals surface area contributed by atoms with Gasteiger partial charge in [-0.15, -0.1) is 0 Å². The smallest absolute Gasteiger partial charge is 0.0978 e. The van der Waals surface area contributed by atoms with Gasteiger partial charge in [-0.3, -0.25) is 9.98 Å². The van der Waals surface area contributed by atoms with Crippen LogP contribution < -0.4 is 5.32 Å². The molecule has 0 amide bonds. The van der Waals surface area contributed by atoms with Crippen molar-refractivity contribution in [3.8, 4) is 0 Å². The molecule has 0 atom stereocenters. The lowest BCUT2D eigenvalue weighted by Crippen LogP contribution is -2.09. The van der Waals surface area contributed by atoms with Gasteiger partial charge in [-0.05, 0) is 58.2 Å². The quantitative estimate of drug-likeness (QED) is 0.590. The van der Waals surface area contributed by atoms with E-state index in [0.29, 0.717) is 12.0 Å². The van der Waals surface area contributed by atoms with E-state index in [9.17, 15) is 0 Å². The maximum atomic E-state index is 4.66. The van der Waals surface area contributed by atoms with E-state index >= 15 is 0 Å². The molecule has 0 spiro atoms. The lowest BCUT2D eigenvalue weighted by Gasteiger charge is -2.09. The van der Waals surface area contributed by atoms with Crippen molar-refractivity contribution in [2.75, 3.05) is 5.32 Å². The van der Waals surface area contributed by atoms with Crippen molar-refractivity contribution in [2.45, 2.75) is 54.0 Å². The molecule has 20 heavy (non-hydrogen) atoms. The molecule has 0 heterocycles. The molecule has 1 aromatic rings. The Balaban J connectivity index is 2.81. The van der Waals surface area contributed by atoms with Crippen molar-refractivity contribution in [1.82, 2.24) is 0 Å². The molecule has 0 radical (unpaired) electrons. The van der Waals surface area contributed by atoms with E-state index in [4.69, 9.17) is 0 Å². The van der Waals surface area contributed by atoms with Crippen LogP contribution in [-0.4, -0.2) is 17.6 Å². The molecule has 110 valence electrons. The Hall–Kier alpha value is -1.64. The average molecular weight is 273 g/mol. The highest BCUT2D eigenvalue weighted by Gasteiger charge is 2.00. The number of hydrogen-bond donors (Lipinski definition) is 1. The van der Waals surface area contributed by atoms with Crippen molar-refractivity contribution >= 4 is 22.9 Å². The fourth-order valence-electron chi connectivity index (χ4n) is 2.14. The summed E-state index contributed by atoms with van der Waals surface area (Å²) in [7, 11) is 0. The Morgan fingerprint density at radius 1 is 1.15 bits per heavy atom. The predicted molar refractivity (Wildman–Crippen MR) is 90.5 cm³/mol. The van der Waals surface area contributed by atoms with Crippen molar-refractivity contribution in [3.63, 3.8) is 0 Å². The first-order chi connectivity index (χ1) is 9.36.